The van der Waals surface area contributed by atoms with Crippen LogP contribution in [0.2, 0.25) is 0 Å². The molecule has 2 aromatic heterocycles. The topological polar surface area (TPSA) is 38.9 Å². The maximum Gasteiger partial charge on any atom is 0.123 e. The predicted molar refractivity (Wildman–Crippen MR) is 61.3 cm³/mol. The SMILES string of the molecule is CCc1ccc(-c2ccc(N)nc2)s1. The Labute approximate surface area is 87.4 Å². The van der Waals surface area contributed by atoms with Crippen LogP contribution in [0.25, 0.3) is 10.4 Å². The zero-order chi connectivity index (χ0) is 9.97. The van der Waals surface area contributed by atoms with Gasteiger partial charge in [0.15, 0.2) is 0 Å². The summed E-state index contributed by atoms with van der Waals surface area (Å²) in [7, 11) is 0. The van der Waals surface area contributed by atoms with Crippen molar-refractivity contribution in [3.05, 3.63) is 35.3 Å². The van der Waals surface area contributed by atoms with Crippen molar-refractivity contribution >= 4 is 17.2 Å². The van der Waals surface area contributed by atoms with E-state index in [1.54, 1.807) is 0 Å². The van der Waals surface area contributed by atoms with Crippen molar-refractivity contribution in [2.24, 2.45) is 0 Å². The van der Waals surface area contributed by atoms with Gasteiger partial charge in [-0.2, -0.15) is 0 Å². The molecule has 0 bridgehead atoms. The van der Waals surface area contributed by atoms with Crippen molar-refractivity contribution in [2.75, 3.05) is 5.73 Å². The third-order valence-electron chi connectivity index (χ3n) is 2.08. The third kappa shape index (κ3) is 1.77. The quantitative estimate of drug-likeness (QED) is 0.816. The molecule has 72 valence electrons. The van der Waals surface area contributed by atoms with E-state index in [1.807, 2.05) is 29.7 Å². The van der Waals surface area contributed by atoms with Gasteiger partial charge in [0.05, 0.1) is 0 Å². The highest BCUT2D eigenvalue weighted by Crippen LogP contribution is 2.27. The van der Waals surface area contributed by atoms with Gasteiger partial charge in [-0.1, -0.05) is 6.92 Å². The second kappa shape index (κ2) is 3.80. The van der Waals surface area contributed by atoms with Crippen molar-refractivity contribution in [1.82, 2.24) is 4.98 Å². The monoisotopic (exact) mass is 204 g/mol. The van der Waals surface area contributed by atoms with E-state index in [2.05, 4.69) is 24.0 Å². The first-order valence-electron chi connectivity index (χ1n) is 4.60. The Hall–Kier alpha value is -1.35. The predicted octanol–water partition coefficient (Wildman–Crippen LogP) is 2.95. The molecular weight excluding hydrogens is 192 g/mol. The van der Waals surface area contributed by atoms with E-state index in [-0.39, 0.29) is 0 Å². The number of aromatic nitrogens is 1. The maximum atomic E-state index is 5.53. The van der Waals surface area contributed by atoms with Crippen LogP contribution in [0.1, 0.15) is 11.8 Å². The lowest BCUT2D eigenvalue weighted by molar-refractivity contribution is 1.19. The average Bonchev–Trinajstić information content (AvgIpc) is 2.67. The van der Waals surface area contributed by atoms with E-state index in [0.29, 0.717) is 5.82 Å². The molecule has 0 radical (unpaired) electrons. The molecule has 0 saturated heterocycles. The van der Waals surface area contributed by atoms with E-state index in [0.717, 1.165) is 12.0 Å². The van der Waals surface area contributed by atoms with Crippen molar-refractivity contribution < 1.29 is 0 Å². The summed E-state index contributed by atoms with van der Waals surface area (Å²) in [5, 5.41) is 0. The molecule has 2 N–H and O–H groups in total. The van der Waals surface area contributed by atoms with E-state index >= 15 is 0 Å². The van der Waals surface area contributed by atoms with Crippen molar-refractivity contribution in [3.63, 3.8) is 0 Å². The summed E-state index contributed by atoms with van der Waals surface area (Å²) in [5.41, 5.74) is 6.67. The molecule has 0 aromatic carbocycles. The molecule has 0 unspecified atom stereocenters. The number of pyridine rings is 1. The highest BCUT2D eigenvalue weighted by atomic mass is 32.1. The van der Waals surface area contributed by atoms with Gasteiger partial charge in [-0.25, -0.2) is 4.98 Å². The minimum Gasteiger partial charge on any atom is -0.384 e. The van der Waals surface area contributed by atoms with Gasteiger partial charge in [-0.05, 0) is 30.7 Å². The molecule has 2 nitrogen and oxygen atoms in total. The van der Waals surface area contributed by atoms with Gasteiger partial charge >= 0.3 is 0 Å². The molecule has 0 aliphatic rings. The molecule has 0 aliphatic heterocycles. The van der Waals surface area contributed by atoms with Gasteiger partial charge in [0.2, 0.25) is 0 Å². The van der Waals surface area contributed by atoms with Gasteiger partial charge < -0.3 is 5.73 Å². The number of nitrogen functional groups attached to an aromatic ring is 1. The Kier molecular flexibility index (Phi) is 2.50. The third-order valence-corrected chi connectivity index (χ3v) is 3.36. The van der Waals surface area contributed by atoms with Crippen LogP contribution in [-0.2, 0) is 6.42 Å². The highest BCUT2D eigenvalue weighted by molar-refractivity contribution is 7.15. The normalized spacial score (nSPS) is 10.4. The molecule has 0 fully saturated rings. The maximum absolute atomic E-state index is 5.53. The first-order valence-corrected chi connectivity index (χ1v) is 5.42. The number of hydrogen-bond acceptors (Lipinski definition) is 3. The summed E-state index contributed by atoms with van der Waals surface area (Å²) < 4.78 is 0. The fourth-order valence-corrected chi connectivity index (χ4v) is 2.21. The van der Waals surface area contributed by atoms with E-state index in [1.165, 1.54) is 9.75 Å². The summed E-state index contributed by atoms with van der Waals surface area (Å²) in [6, 6.07) is 8.14. The molecular formula is C11H12N2S. The molecule has 3 heteroatoms. The van der Waals surface area contributed by atoms with E-state index < -0.39 is 0 Å². The summed E-state index contributed by atoms with van der Waals surface area (Å²) in [4.78, 5) is 6.73. The minimum absolute atomic E-state index is 0.570. The number of aryl methyl sites for hydroxylation is 1. The van der Waals surface area contributed by atoms with Crippen molar-refractivity contribution in [1.29, 1.82) is 0 Å². The smallest absolute Gasteiger partial charge is 0.123 e. The van der Waals surface area contributed by atoms with Gasteiger partial charge in [0.1, 0.15) is 5.82 Å². The van der Waals surface area contributed by atoms with Crippen LogP contribution >= 0.6 is 11.3 Å². The molecule has 0 amide bonds. The average molecular weight is 204 g/mol. The molecule has 2 heterocycles. The van der Waals surface area contributed by atoms with Crippen molar-refractivity contribution in [3.8, 4) is 10.4 Å². The fourth-order valence-electron chi connectivity index (χ4n) is 1.27. The molecule has 14 heavy (non-hydrogen) atoms. The largest absolute Gasteiger partial charge is 0.384 e. The lowest BCUT2D eigenvalue weighted by Gasteiger charge is -1.96. The van der Waals surface area contributed by atoms with Crippen LogP contribution in [0.4, 0.5) is 5.82 Å². The van der Waals surface area contributed by atoms with Crippen molar-refractivity contribution in [2.45, 2.75) is 13.3 Å². The zero-order valence-electron chi connectivity index (χ0n) is 8.03. The summed E-state index contributed by atoms with van der Waals surface area (Å²) in [6.07, 6.45) is 2.91. The lowest BCUT2D eigenvalue weighted by Crippen LogP contribution is -1.87. The Morgan fingerprint density at radius 1 is 1.29 bits per heavy atom. The van der Waals surface area contributed by atoms with Crippen LogP contribution in [-0.4, -0.2) is 4.98 Å². The van der Waals surface area contributed by atoms with Crippen LogP contribution in [0.5, 0.6) is 0 Å². The molecule has 0 saturated carbocycles. The number of hydrogen-bond donors (Lipinski definition) is 1. The Bertz CT molecular complexity index is 417. The molecule has 0 atom stereocenters. The van der Waals surface area contributed by atoms with Crippen LogP contribution in [0.3, 0.4) is 0 Å². The van der Waals surface area contributed by atoms with Gasteiger partial charge in [0.25, 0.3) is 0 Å². The number of nitrogens with two attached hydrogens (primary N) is 1. The highest BCUT2D eigenvalue weighted by Gasteiger charge is 2.01. The summed E-state index contributed by atoms with van der Waals surface area (Å²) >= 11 is 1.81. The van der Waals surface area contributed by atoms with E-state index in [9.17, 15) is 0 Å². The number of anilines is 1. The molecule has 2 rings (SSSR count). The number of nitrogens with zero attached hydrogens (tertiary/aromatic N) is 1. The molecule has 0 spiro atoms. The second-order valence-corrected chi connectivity index (χ2v) is 4.26. The van der Waals surface area contributed by atoms with Gasteiger partial charge in [-0.3, -0.25) is 0 Å². The van der Waals surface area contributed by atoms with Crippen LogP contribution in [0, 0.1) is 0 Å². The second-order valence-electron chi connectivity index (χ2n) is 3.09. The summed E-state index contributed by atoms with van der Waals surface area (Å²) in [6.45, 7) is 2.16. The molecule has 0 aliphatic carbocycles. The Morgan fingerprint density at radius 3 is 2.71 bits per heavy atom. The lowest BCUT2D eigenvalue weighted by atomic mass is 10.2. The van der Waals surface area contributed by atoms with Crippen LogP contribution < -0.4 is 5.73 Å². The summed E-state index contributed by atoms with van der Waals surface area (Å²) in [5.74, 6) is 0.570. The first-order chi connectivity index (χ1) is 6.79. The minimum atomic E-state index is 0.570. The van der Waals surface area contributed by atoms with Gasteiger partial charge in [0, 0.05) is 21.5 Å². The zero-order valence-corrected chi connectivity index (χ0v) is 8.84. The number of thiophene rings is 1. The standard InChI is InChI=1S/C11H12N2S/c1-2-9-4-5-10(14-9)8-3-6-11(12)13-7-8/h3-7H,2H2,1H3,(H2,12,13). The fraction of sp³-hybridized carbons (Fsp3) is 0.182. The number of rotatable bonds is 2. The Morgan fingerprint density at radius 2 is 2.14 bits per heavy atom. The first kappa shape index (κ1) is 9.21. The van der Waals surface area contributed by atoms with E-state index in [4.69, 9.17) is 5.73 Å². The van der Waals surface area contributed by atoms with Crippen LogP contribution in [0.15, 0.2) is 30.5 Å². The molecule has 2 aromatic rings. The Balaban J connectivity index is 2.34. The van der Waals surface area contributed by atoms with Gasteiger partial charge in [-0.15, -0.1) is 11.3 Å².